The van der Waals surface area contributed by atoms with Gasteiger partial charge in [-0.25, -0.2) is 0 Å². The predicted molar refractivity (Wildman–Crippen MR) is 97.8 cm³/mol. The van der Waals surface area contributed by atoms with Crippen LogP contribution in [0, 0.1) is 0 Å². The summed E-state index contributed by atoms with van der Waals surface area (Å²) in [6.45, 7) is 0. The molecule has 0 atom stereocenters. The molecule has 5 heteroatoms. The molecule has 3 rings (SSSR count). The zero-order valence-corrected chi connectivity index (χ0v) is 14.3. The highest BCUT2D eigenvalue weighted by molar-refractivity contribution is 6.09. The largest absolute Gasteiger partial charge is 0.493 e. The number of aromatic amines is 1. The highest BCUT2D eigenvalue weighted by Crippen LogP contribution is 2.43. The predicted octanol–water partition coefficient (Wildman–Crippen LogP) is 4.09. The first-order chi connectivity index (χ1) is 12.2. The van der Waals surface area contributed by atoms with E-state index in [1.54, 1.807) is 39.5 Å². The van der Waals surface area contributed by atoms with E-state index in [4.69, 9.17) is 14.2 Å². The van der Waals surface area contributed by atoms with E-state index < -0.39 is 0 Å². The molecule has 5 nitrogen and oxygen atoms in total. The molecule has 0 amide bonds. The van der Waals surface area contributed by atoms with E-state index >= 15 is 0 Å². The highest BCUT2D eigenvalue weighted by atomic mass is 16.5. The molecule has 0 unspecified atom stereocenters. The first-order valence-corrected chi connectivity index (χ1v) is 7.77. The molecule has 25 heavy (non-hydrogen) atoms. The number of benzene rings is 2. The van der Waals surface area contributed by atoms with Gasteiger partial charge < -0.3 is 19.2 Å². The quantitative estimate of drug-likeness (QED) is 0.544. The van der Waals surface area contributed by atoms with Crippen LogP contribution in [0.25, 0.3) is 17.0 Å². The van der Waals surface area contributed by atoms with E-state index in [2.05, 4.69) is 4.98 Å². The van der Waals surface area contributed by atoms with Gasteiger partial charge in [-0.3, -0.25) is 4.79 Å². The fourth-order valence-electron chi connectivity index (χ4n) is 2.70. The number of ether oxygens (including phenoxy) is 3. The van der Waals surface area contributed by atoms with Crippen molar-refractivity contribution in [3.8, 4) is 17.2 Å². The number of methoxy groups -OCH3 is 3. The minimum atomic E-state index is -0.125. The van der Waals surface area contributed by atoms with Gasteiger partial charge in [-0.1, -0.05) is 36.4 Å². The smallest absolute Gasteiger partial charge is 0.205 e. The average molecular weight is 337 g/mol. The number of carbonyl (C=O) groups is 1. The molecule has 3 aromatic rings. The summed E-state index contributed by atoms with van der Waals surface area (Å²) < 4.78 is 16.2. The van der Waals surface area contributed by atoms with Crippen molar-refractivity contribution in [1.82, 2.24) is 4.98 Å². The van der Waals surface area contributed by atoms with Gasteiger partial charge in [-0.05, 0) is 23.8 Å². The van der Waals surface area contributed by atoms with Crippen molar-refractivity contribution in [2.45, 2.75) is 0 Å². The second-order valence-corrected chi connectivity index (χ2v) is 5.40. The van der Waals surface area contributed by atoms with Gasteiger partial charge in [0.05, 0.1) is 32.5 Å². The lowest BCUT2D eigenvalue weighted by molar-refractivity contribution is 0.104. The SMILES string of the molecule is COc1cc2cc(C(=O)/C=C/c3ccccc3)[nH]c2c(OC)c1OC. The van der Waals surface area contributed by atoms with Gasteiger partial charge in [0, 0.05) is 5.39 Å². The standard InChI is InChI=1S/C20H19NO4/c1-23-17-12-14-11-15(21-18(14)20(25-3)19(17)24-2)16(22)10-9-13-7-5-4-6-8-13/h4-12,21H,1-3H3/b10-9+. The average Bonchev–Trinajstić information content (AvgIpc) is 3.09. The first kappa shape index (κ1) is 16.6. The Labute approximate surface area is 145 Å². The lowest BCUT2D eigenvalue weighted by Crippen LogP contribution is -1.96. The molecule has 128 valence electrons. The third-order valence-corrected chi connectivity index (χ3v) is 3.91. The molecule has 0 radical (unpaired) electrons. The summed E-state index contributed by atoms with van der Waals surface area (Å²) in [7, 11) is 4.66. The summed E-state index contributed by atoms with van der Waals surface area (Å²) in [5, 5.41) is 0.811. The molecule has 1 N–H and O–H groups in total. The van der Waals surface area contributed by atoms with Crippen LogP contribution in [-0.2, 0) is 0 Å². The Morgan fingerprint density at radius 2 is 1.68 bits per heavy atom. The molecule has 0 aliphatic heterocycles. The zero-order chi connectivity index (χ0) is 17.8. The number of rotatable bonds is 6. The van der Waals surface area contributed by atoms with Crippen molar-refractivity contribution < 1.29 is 19.0 Å². The number of hydrogen-bond donors (Lipinski definition) is 1. The molecule has 0 spiro atoms. The summed E-state index contributed by atoms with van der Waals surface area (Å²) in [4.78, 5) is 15.6. The van der Waals surface area contributed by atoms with Gasteiger partial charge in [-0.2, -0.15) is 0 Å². The van der Waals surface area contributed by atoms with Crippen molar-refractivity contribution in [2.75, 3.05) is 21.3 Å². The lowest BCUT2D eigenvalue weighted by Gasteiger charge is -2.12. The Hall–Kier alpha value is -3.21. The second-order valence-electron chi connectivity index (χ2n) is 5.40. The molecule has 0 aliphatic carbocycles. The van der Waals surface area contributed by atoms with Gasteiger partial charge in [0.25, 0.3) is 0 Å². The van der Waals surface area contributed by atoms with Gasteiger partial charge in [0.15, 0.2) is 11.5 Å². The monoisotopic (exact) mass is 337 g/mol. The summed E-state index contributed by atoms with van der Waals surface area (Å²) in [5.74, 6) is 1.41. The van der Waals surface area contributed by atoms with E-state index in [1.165, 1.54) is 0 Å². The van der Waals surface area contributed by atoms with Crippen LogP contribution in [0.3, 0.4) is 0 Å². The molecular weight excluding hydrogens is 318 g/mol. The molecular formula is C20H19NO4. The lowest BCUT2D eigenvalue weighted by atomic mass is 10.1. The fourth-order valence-corrected chi connectivity index (χ4v) is 2.70. The third-order valence-electron chi connectivity index (χ3n) is 3.91. The molecule has 0 saturated carbocycles. The van der Waals surface area contributed by atoms with Crippen LogP contribution < -0.4 is 14.2 Å². The summed E-state index contributed by atoms with van der Waals surface area (Å²) in [5.41, 5.74) is 2.13. The topological polar surface area (TPSA) is 60.6 Å². The van der Waals surface area contributed by atoms with Crippen molar-refractivity contribution in [3.63, 3.8) is 0 Å². The van der Waals surface area contributed by atoms with Crippen LogP contribution in [0.5, 0.6) is 17.2 Å². The Morgan fingerprint density at radius 1 is 0.960 bits per heavy atom. The maximum absolute atomic E-state index is 12.5. The molecule has 1 aromatic heterocycles. The van der Waals surface area contributed by atoms with E-state index in [1.807, 2.05) is 36.4 Å². The summed E-state index contributed by atoms with van der Waals surface area (Å²) >= 11 is 0. The number of aromatic nitrogens is 1. The number of carbonyl (C=O) groups excluding carboxylic acids is 1. The summed E-state index contributed by atoms with van der Waals surface area (Å²) in [6.07, 6.45) is 3.33. The minimum absolute atomic E-state index is 0.125. The third kappa shape index (κ3) is 3.21. The van der Waals surface area contributed by atoms with Crippen molar-refractivity contribution in [3.05, 3.63) is 59.8 Å². The van der Waals surface area contributed by atoms with Crippen molar-refractivity contribution in [1.29, 1.82) is 0 Å². The van der Waals surface area contributed by atoms with Crippen LogP contribution in [-0.4, -0.2) is 32.1 Å². The number of fused-ring (bicyclic) bond motifs is 1. The second kappa shape index (κ2) is 7.13. The molecule has 1 heterocycles. The fraction of sp³-hybridized carbons (Fsp3) is 0.150. The molecule has 0 aliphatic rings. The number of hydrogen-bond acceptors (Lipinski definition) is 4. The van der Waals surface area contributed by atoms with Crippen LogP contribution >= 0.6 is 0 Å². The van der Waals surface area contributed by atoms with Gasteiger partial charge >= 0.3 is 0 Å². The van der Waals surface area contributed by atoms with E-state index in [0.717, 1.165) is 10.9 Å². The number of allylic oxidation sites excluding steroid dienone is 1. The van der Waals surface area contributed by atoms with Crippen LogP contribution in [0.15, 0.2) is 48.5 Å². The van der Waals surface area contributed by atoms with Crippen molar-refractivity contribution in [2.24, 2.45) is 0 Å². The normalized spacial score (nSPS) is 11.0. The molecule has 0 bridgehead atoms. The maximum atomic E-state index is 12.5. The van der Waals surface area contributed by atoms with Crippen LogP contribution in [0.2, 0.25) is 0 Å². The Morgan fingerprint density at radius 3 is 2.32 bits per heavy atom. The summed E-state index contributed by atoms with van der Waals surface area (Å²) in [6, 6.07) is 13.3. The van der Waals surface area contributed by atoms with E-state index in [0.29, 0.717) is 28.5 Å². The molecule has 0 saturated heterocycles. The Bertz CT molecular complexity index is 926. The van der Waals surface area contributed by atoms with Crippen LogP contribution in [0.4, 0.5) is 0 Å². The Kier molecular flexibility index (Phi) is 4.75. The van der Waals surface area contributed by atoms with Gasteiger partial charge in [0.2, 0.25) is 11.5 Å². The Balaban J connectivity index is 2.00. The minimum Gasteiger partial charge on any atom is -0.493 e. The zero-order valence-electron chi connectivity index (χ0n) is 14.3. The number of H-pyrrole nitrogens is 1. The van der Waals surface area contributed by atoms with Gasteiger partial charge in [-0.15, -0.1) is 0 Å². The molecule has 0 fully saturated rings. The van der Waals surface area contributed by atoms with Crippen LogP contribution in [0.1, 0.15) is 16.1 Å². The van der Waals surface area contributed by atoms with E-state index in [-0.39, 0.29) is 5.78 Å². The number of ketones is 1. The van der Waals surface area contributed by atoms with Crippen molar-refractivity contribution >= 4 is 22.8 Å². The van der Waals surface area contributed by atoms with E-state index in [9.17, 15) is 4.79 Å². The highest BCUT2D eigenvalue weighted by Gasteiger charge is 2.19. The number of nitrogens with one attached hydrogen (secondary N) is 1. The van der Waals surface area contributed by atoms with Gasteiger partial charge in [0.1, 0.15) is 0 Å². The molecule has 2 aromatic carbocycles. The maximum Gasteiger partial charge on any atom is 0.205 e. The first-order valence-electron chi connectivity index (χ1n) is 7.77.